The van der Waals surface area contributed by atoms with E-state index in [-0.39, 0.29) is 23.5 Å². The summed E-state index contributed by atoms with van der Waals surface area (Å²) in [4.78, 5) is 15.8. The molecule has 0 aliphatic heterocycles. The molecule has 4 aromatic rings. The molecule has 0 spiro atoms. The first-order valence-corrected chi connectivity index (χ1v) is 12.1. The molecule has 4 rings (SSSR count). The van der Waals surface area contributed by atoms with E-state index in [1.165, 1.54) is 12.1 Å². The van der Waals surface area contributed by atoms with Crippen molar-refractivity contribution < 1.29 is 22.7 Å². The smallest absolute Gasteiger partial charge is 0.417 e. The van der Waals surface area contributed by atoms with Crippen LogP contribution in [-0.2, 0) is 12.8 Å². The number of nitrogens with zero attached hydrogens (tertiary/aromatic N) is 1. The number of ether oxygens (including phenoxy) is 1. The number of aldehydes is 1. The van der Waals surface area contributed by atoms with Gasteiger partial charge in [0.25, 0.3) is 0 Å². The van der Waals surface area contributed by atoms with Crippen molar-refractivity contribution in [2.24, 2.45) is 0 Å². The lowest BCUT2D eigenvalue weighted by molar-refractivity contribution is -0.137. The van der Waals surface area contributed by atoms with E-state index in [1.54, 1.807) is 18.3 Å². The van der Waals surface area contributed by atoms with Gasteiger partial charge in [0, 0.05) is 9.77 Å². The van der Waals surface area contributed by atoms with Crippen LogP contribution in [0.15, 0.2) is 79.0 Å². The van der Waals surface area contributed by atoms with Gasteiger partial charge in [-0.3, -0.25) is 9.78 Å². The molecule has 36 heavy (non-hydrogen) atoms. The predicted molar refractivity (Wildman–Crippen MR) is 144 cm³/mol. The molecule has 0 N–H and O–H groups in total. The fraction of sp³-hybridized carbons (Fsp3) is 0.103. The lowest BCUT2D eigenvalue weighted by Gasteiger charge is -2.15. The van der Waals surface area contributed by atoms with Crippen LogP contribution in [0.2, 0.25) is 0 Å². The Kier molecular flexibility index (Phi) is 7.88. The number of carbonyl (C=O) groups is 1. The fourth-order valence-corrected chi connectivity index (χ4v) is 4.36. The summed E-state index contributed by atoms with van der Waals surface area (Å²) in [5.41, 5.74) is 3.18. The van der Waals surface area contributed by atoms with E-state index in [9.17, 15) is 18.0 Å². The highest BCUT2D eigenvalue weighted by atomic mass is 127. The summed E-state index contributed by atoms with van der Waals surface area (Å²) in [6.07, 6.45) is 0.401. The number of benzene rings is 3. The van der Waals surface area contributed by atoms with Crippen LogP contribution >= 0.6 is 22.6 Å². The zero-order valence-corrected chi connectivity index (χ0v) is 21.4. The van der Waals surface area contributed by atoms with E-state index in [0.717, 1.165) is 31.9 Å². The Morgan fingerprint density at radius 1 is 0.917 bits per heavy atom. The molecule has 7 heteroatoms. The van der Waals surface area contributed by atoms with Crippen LogP contribution in [0.1, 0.15) is 38.3 Å². The molecule has 0 fully saturated rings. The zero-order chi connectivity index (χ0) is 25.7. The van der Waals surface area contributed by atoms with Gasteiger partial charge < -0.3 is 4.74 Å². The summed E-state index contributed by atoms with van der Waals surface area (Å²) in [7, 11) is 0. The van der Waals surface area contributed by atoms with Crippen LogP contribution in [0.3, 0.4) is 0 Å². The Morgan fingerprint density at radius 2 is 1.67 bits per heavy atom. The van der Waals surface area contributed by atoms with Crippen molar-refractivity contribution in [3.05, 3.63) is 116 Å². The highest BCUT2D eigenvalue weighted by Gasteiger charge is 2.34. The standard InChI is InChI=1S/C29H21F3INO2/c1-19-20(8-5-9-26(19)21-6-3-2-4-7-21)10-11-22-15-28(23(17-35)14-27(22)29(30,31)32)36-18-25-16-24(33)12-13-34-25/h2-17H,18H2,1H3/b11-10+. The molecule has 0 saturated carbocycles. The van der Waals surface area contributed by atoms with E-state index < -0.39 is 11.7 Å². The van der Waals surface area contributed by atoms with Crippen LogP contribution in [0.25, 0.3) is 23.3 Å². The topological polar surface area (TPSA) is 39.2 Å². The number of aromatic nitrogens is 1. The third-order valence-electron chi connectivity index (χ3n) is 5.67. The molecule has 3 nitrogen and oxygen atoms in total. The van der Waals surface area contributed by atoms with Gasteiger partial charge in [-0.15, -0.1) is 0 Å². The third kappa shape index (κ3) is 6.02. The Labute approximate surface area is 220 Å². The Balaban J connectivity index is 1.72. The van der Waals surface area contributed by atoms with Crippen molar-refractivity contribution in [3.63, 3.8) is 0 Å². The molecule has 3 aromatic carbocycles. The number of hydrogen-bond donors (Lipinski definition) is 0. The van der Waals surface area contributed by atoms with Gasteiger partial charge in [0.1, 0.15) is 12.4 Å². The van der Waals surface area contributed by atoms with Gasteiger partial charge in [0.15, 0.2) is 6.29 Å². The Bertz CT molecular complexity index is 1420. The Hall–Kier alpha value is -3.46. The second-order valence-electron chi connectivity index (χ2n) is 8.07. The predicted octanol–water partition coefficient (Wildman–Crippen LogP) is 8.24. The van der Waals surface area contributed by atoms with Crippen molar-refractivity contribution in [1.29, 1.82) is 0 Å². The molecular formula is C29H21F3INO2. The highest BCUT2D eigenvalue weighted by molar-refractivity contribution is 14.1. The lowest BCUT2D eigenvalue weighted by atomic mass is 9.95. The fourth-order valence-electron chi connectivity index (χ4n) is 3.84. The molecule has 0 aliphatic carbocycles. The van der Waals surface area contributed by atoms with Crippen molar-refractivity contribution >= 4 is 41.0 Å². The first-order chi connectivity index (χ1) is 17.3. The number of pyridine rings is 1. The molecule has 0 bridgehead atoms. The quantitative estimate of drug-likeness (QED) is 0.122. The number of carbonyl (C=O) groups excluding carboxylic acids is 1. The summed E-state index contributed by atoms with van der Waals surface area (Å²) in [6, 6.07) is 21.2. The van der Waals surface area contributed by atoms with Gasteiger partial charge in [-0.25, -0.2) is 0 Å². The SMILES string of the molecule is Cc1c(/C=C/c2cc(OCc3cc(I)ccn3)c(C=O)cc2C(F)(F)F)cccc1-c1ccccc1. The van der Waals surface area contributed by atoms with E-state index in [0.29, 0.717) is 12.0 Å². The third-order valence-corrected chi connectivity index (χ3v) is 6.34. The summed E-state index contributed by atoms with van der Waals surface area (Å²) >= 11 is 2.13. The molecule has 0 amide bonds. The average Bonchev–Trinajstić information content (AvgIpc) is 2.86. The van der Waals surface area contributed by atoms with Crippen LogP contribution in [-0.4, -0.2) is 11.3 Å². The van der Waals surface area contributed by atoms with Gasteiger partial charge >= 0.3 is 6.18 Å². The van der Waals surface area contributed by atoms with E-state index in [2.05, 4.69) is 27.6 Å². The monoisotopic (exact) mass is 599 g/mol. The first kappa shape index (κ1) is 25.6. The molecule has 1 aromatic heterocycles. The largest absolute Gasteiger partial charge is 0.487 e. The van der Waals surface area contributed by atoms with E-state index >= 15 is 0 Å². The van der Waals surface area contributed by atoms with Crippen molar-refractivity contribution in [1.82, 2.24) is 4.98 Å². The van der Waals surface area contributed by atoms with Gasteiger partial charge in [-0.1, -0.05) is 60.7 Å². The molecule has 0 unspecified atom stereocenters. The van der Waals surface area contributed by atoms with Crippen molar-refractivity contribution in [3.8, 4) is 16.9 Å². The zero-order valence-electron chi connectivity index (χ0n) is 19.2. The maximum Gasteiger partial charge on any atom is 0.417 e. The number of halogens is 4. The second-order valence-corrected chi connectivity index (χ2v) is 9.31. The van der Waals surface area contributed by atoms with E-state index in [4.69, 9.17) is 4.74 Å². The molecule has 0 saturated heterocycles. The number of rotatable bonds is 7. The first-order valence-electron chi connectivity index (χ1n) is 11.0. The Morgan fingerprint density at radius 3 is 2.36 bits per heavy atom. The lowest BCUT2D eigenvalue weighted by Crippen LogP contribution is -2.10. The van der Waals surface area contributed by atoms with Gasteiger partial charge in [0.05, 0.1) is 16.8 Å². The minimum atomic E-state index is -4.64. The van der Waals surface area contributed by atoms with Crippen LogP contribution in [0.4, 0.5) is 13.2 Å². The van der Waals surface area contributed by atoms with E-state index in [1.807, 2.05) is 61.5 Å². The van der Waals surface area contributed by atoms with Crippen molar-refractivity contribution in [2.75, 3.05) is 0 Å². The molecule has 182 valence electrons. The molecule has 0 atom stereocenters. The second kappa shape index (κ2) is 11.1. The van der Waals surface area contributed by atoms with Crippen LogP contribution < -0.4 is 4.74 Å². The summed E-state index contributed by atoms with van der Waals surface area (Å²) < 4.78 is 48.3. The molecule has 0 aliphatic rings. The summed E-state index contributed by atoms with van der Waals surface area (Å²) in [5.74, 6) is 0.0630. The minimum Gasteiger partial charge on any atom is -0.487 e. The number of hydrogen-bond acceptors (Lipinski definition) is 3. The van der Waals surface area contributed by atoms with Crippen LogP contribution in [0, 0.1) is 10.5 Å². The normalized spacial score (nSPS) is 11.6. The maximum absolute atomic E-state index is 13.9. The maximum atomic E-state index is 13.9. The summed E-state index contributed by atoms with van der Waals surface area (Å²) in [5, 5.41) is 0. The highest BCUT2D eigenvalue weighted by Crippen LogP contribution is 2.37. The number of alkyl halides is 3. The van der Waals surface area contributed by atoms with Gasteiger partial charge in [0.2, 0.25) is 0 Å². The molecule has 1 heterocycles. The van der Waals surface area contributed by atoms with Gasteiger partial charge in [-0.05, 0) is 81.6 Å². The average molecular weight is 599 g/mol. The van der Waals surface area contributed by atoms with Crippen LogP contribution in [0.5, 0.6) is 5.75 Å². The minimum absolute atomic E-state index is 0.0183. The van der Waals surface area contributed by atoms with Gasteiger partial charge in [-0.2, -0.15) is 13.2 Å². The summed E-state index contributed by atoms with van der Waals surface area (Å²) in [6.45, 7) is 1.95. The molecule has 0 radical (unpaired) electrons. The molecular weight excluding hydrogens is 578 g/mol. The van der Waals surface area contributed by atoms with Crippen molar-refractivity contribution in [2.45, 2.75) is 19.7 Å².